The fourth-order valence-corrected chi connectivity index (χ4v) is 1.41. The Labute approximate surface area is 87.1 Å². The molecule has 0 bridgehead atoms. The lowest BCUT2D eigenvalue weighted by atomic mass is 10.2. The van der Waals surface area contributed by atoms with Crippen molar-refractivity contribution in [3.8, 4) is 0 Å². The normalized spacial score (nSPS) is 16.5. The van der Waals surface area contributed by atoms with Gasteiger partial charge in [0, 0.05) is 5.69 Å². The van der Waals surface area contributed by atoms with Crippen LogP contribution in [0.4, 0.5) is 5.69 Å². The SMILES string of the molecule is Cc1ccc(N2CC(=O)NCC2=O)cn1. The maximum Gasteiger partial charge on any atom is 0.246 e. The number of nitrogens with one attached hydrogen (secondary N) is 1. The second-order valence-electron chi connectivity index (χ2n) is 3.41. The Morgan fingerprint density at radius 1 is 1.40 bits per heavy atom. The summed E-state index contributed by atoms with van der Waals surface area (Å²) in [5.74, 6) is -0.254. The van der Waals surface area contributed by atoms with Crippen molar-refractivity contribution in [1.82, 2.24) is 10.3 Å². The van der Waals surface area contributed by atoms with Crippen LogP contribution in [0.5, 0.6) is 0 Å². The van der Waals surface area contributed by atoms with Gasteiger partial charge in [0.25, 0.3) is 0 Å². The Morgan fingerprint density at radius 3 is 2.87 bits per heavy atom. The highest BCUT2D eigenvalue weighted by atomic mass is 16.2. The molecule has 0 saturated carbocycles. The van der Waals surface area contributed by atoms with E-state index in [0.717, 1.165) is 5.69 Å². The van der Waals surface area contributed by atoms with Crippen LogP contribution in [0.25, 0.3) is 0 Å². The zero-order valence-corrected chi connectivity index (χ0v) is 8.36. The molecule has 1 saturated heterocycles. The minimum atomic E-state index is -0.143. The molecule has 0 spiro atoms. The van der Waals surface area contributed by atoms with Crippen molar-refractivity contribution in [3.63, 3.8) is 0 Å². The van der Waals surface area contributed by atoms with Gasteiger partial charge in [-0.3, -0.25) is 19.5 Å². The summed E-state index contributed by atoms with van der Waals surface area (Å²) in [7, 11) is 0. The number of carbonyl (C=O) groups is 2. The van der Waals surface area contributed by atoms with Crippen LogP contribution in [-0.2, 0) is 9.59 Å². The first-order valence-corrected chi connectivity index (χ1v) is 4.66. The average Bonchev–Trinajstić information content (AvgIpc) is 2.23. The third-order valence-electron chi connectivity index (χ3n) is 2.25. The summed E-state index contributed by atoms with van der Waals surface area (Å²) < 4.78 is 0. The second-order valence-corrected chi connectivity index (χ2v) is 3.41. The third kappa shape index (κ3) is 1.96. The van der Waals surface area contributed by atoms with Crippen LogP contribution >= 0.6 is 0 Å². The van der Waals surface area contributed by atoms with Gasteiger partial charge in [-0.1, -0.05) is 0 Å². The molecule has 1 aromatic rings. The second kappa shape index (κ2) is 3.68. The number of hydrogen-bond acceptors (Lipinski definition) is 3. The number of nitrogens with zero attached hydrogens (tertiary/aromatic N) is 2. The molecule has 0 radical (unpaired) electrons. The topological polar surface area (TPSA) is 62.3 Å². The van der Waals surface area contributed by atoms with Crippen LogP contribution < -0.4 is 10.2 Å². The van der Waals surface area contributed by atoms with Crippen molar-refractivity contribution < 1.29 is 9.59 Å². The van der Waals surface area contributed by atoms with E-state index in [-0.39, 0.29) is 24.9 Å². The van der Waals surface area contributed by atoms with Gasteiger partial charge in [0.1, 0.15) is 6.54 Å². The Bertz CT molecular complexity index is 400. The van der Waals surface area contributed by atoms with Gasteiger partial charge in [0.05, 0.1) is 18.4 Å². The van der Waals surface area contributed by atoms with E-state index in [0.29, 0.717) is 5.69 Å². The van der Waals surface area contributed by atoms with Crippen LogP contribution in [0.3, 0.4) is 0 Å². The van der Waals surface area contributed by atoms with Gasteiger partial charge in [-0.05, 0) is 19.1 Å². The molecule has 1 N–H and O–H groups in total. The smallest absolute Gasteiger partial charge is 0.246 e. The quantitative estimate of drug-likeness (QED) is 0.693. The molecule has 2 rings (SSSR count). The average molecular weight is 205 g/mol. The lowest BCUT2D eigenvalue weighted by Gasteiger charge is -2.26. The molecule has 0 atom stereocenters. The number of carbonyl (C=O) groups excluding carboxylic acids is 2. The summed E-state index contributed by atoms with van der Waals surface area (Å²) in [4.78, 5) is 28.2. The zero-order chi connectivity index (χ0) is 10.8. The molecule has 1 fully saturated rings. The minimum Gasteiger partial charge on any atom is -0.345 e. The maximum absolute atomic E-state index is 11.5. The third-order valence-corrected chi connectivity index (χ3v) is 2.25. The van der Waals surface area contributed by atoms with E-state index in [1.165, 1.54) is 4.90 Å². The van der Waals surface area contributed by atoms with Gasteiger partial charge in [-0.15, -0.1) is 0 Å². The fraction of sp³-hybridized carbons (Fsp3) is 0.300. The number of anilines is 1. The number of hydrogen-bond donors (Lipinski definition) is 1. The van der Waals surface area contributed by atoms with E-state index in [4.69, 9.17) is 0 Å². The van der Waals surface area contributed by atoms with Crippen LogP contribution in [-0.4, -0.2) is 29.9 Å². The fourth-order valence-electron chi connectivity index (χ4n) is 1.41. The molecule has 5 nitrogen and oxygen atoms in total. The van der Waals surface area contributed by atoms with Gasteiger partial charge in [0.15, 0.2) is 0 Å². The van der Waals surface area contributed by atoms with Crippen LogP contribution in [0.15, 0.2) is 18.3 Å². The van der Waals surface area contributed by atoms with Crippen molar-refractivity contribution in [2.45, 2.75) is 6.92 Å². The number of aromatic nitrogens is 1. The molecule has 1 aliphatic rings. The number of pyridine rings is 1. The lowest BCUT2D eigenvalue weighted by Crippen LogP contribution is -2.51. The van der Waals surface area contributed by atoms with Gasteiger partial charge in [0.2, 0.25) is 11.8 Å². The molecule has 15 heavy (non-hydrogen) atoms. The Kier molecular flexibility index (Phi) is 2.37. The molecule has 5 heteroatoms. The first-order valence-electron chi connectivity index (χ1n) is 4.66. The van der Waals surface area contributed by atoms with Crippen molar-refractivity contribution in [1.29, 1.82) is 0 Å². The summed E-state index contributed by atoms with van der Waals surface area (Å²) in [6.45, 7) is 2.00. The molecular formula is C10H11N3O2. The Hall–Kier alpha value is -1.91. The van der Waals surface area contributed by atoms with E-state index >= 15 is 0 Å². The number of rotatable bonds is 1. The van der Waals surface area contributed by atoms with Gasteiger partial charge in [-0.2, -0.15) is 0 Å². The molecule has 1 aliphatic heterocycles. The van der Waals surface area contributed by atoms with E-state index < -0.39 is 0 Å². The molecule has 78 valence electrons. The van der Waals surface area contributed by atoms with Crippen molar-refractivity contribution >= 4 is 17.5 Å². The minimum absolute atomic E-state index is 0.0622. The van der Waals surface area contributed by atoms with Crippen LogP contribution in [0.1, 0.15) is 5.69 Å². The van der Waals surface area contributed by atoms with Gasteiger partial charge < -0.3 is 5.32 Å². The van der Waals surface area contributed by atoms with E-state index in [2.05, 4.69) is 10.3 Å². The lowest BCUT2D eigenvalue weighted by molar-refractivity contribution is -0.128. The number of piperazine rings is 1. The Morgan fingerprint density at radius 2 is 2.20 bits per heavy atom. The molecule has 2 amide bonds. The molecular weight excluding hydrogens is 194 g/mol. The van der Waals surface area contributed by atoms with Crippen molar-refractivity contribution in [2.75, 3.05) is 18.0 Å². The highest BCUT2D eigenvalue weighted by molar-refractivity contribution is 6.04. The molecule has 1 aromatic heterocycles. The monoisotopic (exact) mass is 205 g/mol. The van der Waals surface area contributed by atoms with Crippen LogP contribution in [0, 0.1) is 6.92 Å². The molecule has 0 aliphatic carbocycles. The largest absolute Gasteiger partial charge is 0.345 e. The van der Waals surface area contributed by atoms with E-state index in [1.54, 1.807) is 12.3 Å². The molecule has 0 unspecified atom stereocenters. The summed E-state index contributed by atoms with van der Waals surface area (Å²) in [6.07, 6.45) is 1.60. The highest BCUT2D eigenvalue weighted by Gasteiger charge is 2.24. The van der Waals surface area contributed by atoms with E-state index in [9.17, 15) is 9.59 Å². The predicted molar refractivity (Wildman–Crippen MR) is 54.3 cm³/mol. The van der Waals surface area contributed by atoms with Crippen LogP contribution in [0.2, 0.25) is 0 Å². The zero-order valence-electron chi connectivity index (χ0n) is 8.36. The van der Waals surface area contributed by atoms with Crippen molar-refractivity contribution in [2.24, 2.45) is 0 Å². The molecule has 0 aromatic carbocycles. The summed E-state index contributed by atoms with van der Waals surface area (Å²) in [5.41, 5.74) is 1.55. The summed E-state index contributed by atoms with van der Waals surface area (Å²) in [5, 5.41) is 2.49. The standard InChI is InChI=1S/C10H11N3O2/c1-7-2-3-8(4-11-7)13-6-9(14)12-5-10(13)15/h2-4H,5-6H2,1H3,(H,12,14). The first-order chi connectivity index (χ1) is 7.16. The van der Waals surface area contributed by atoms with Crippen molar-refractivity contribution in [3.05, 3.63) is 24.0 Å². The first kappa shape index (κ1) is 9.64. The number of amides is 2. The highest BCUT2D eigenvalue weighted by Crippen LogP contribution is 2.14. The van der Waals surface area contributed by atoms with Gasteiger partial charge >= 0.3 is 0 Å². The predicted octanol–water partition coefficient (Wildman–Crippen LogP) is -0.147. The number of aryl methyl sites for hydroxylation is 1. The van der Waals surface area contributed by atoms with Gasteiger partial charge in [-0.25, -0.2) is 0 Å². The Balaban J connectivity index is 2.25. The summed E-state index contributed by atoms with van der Waals surface area (Å²) >= 11 is 0. The summed E-state index contributed by atoms with van der Waals surface area (Å²) in [6, 6.07) is 3.61. The maximum atomic E-state index is 11.5. The van der Waals surface area contributed by atoms with E-state index in [1.807, 2.05) is 13.0 Å². The molecule has 2 heterocycles.